The van der Waals surface area contributed by atoms with Crippen molar-refractivity contribution in [1.29, 1.82) is 0 Å². The second-order valence-electron chi connectivity index (χ2n) is 8.61. The van der Waals surface area contributed by atoms with Gasteiger partial charge in [0.25, 0.3) is 0 Å². The highest BCUT2D eigenvalue weighted by Crippen LogP contribution is 2.35. The van der Waals surface area contributed by atoms with Gasteiger partial charge in [-0.15, -0.1) is 0 Å². The summed E-state index contributed by atoms with van der Waals surface area (Å²) in [6.07, 6.45) is 2.59. The monoisotopic (exact) mass is 502 g/mol. The number of methoxy groups -OCH3 is 1. The zero-order chi connectivity index (χ0) is 25.8. The van der Waals surface area contributed by atoms with Gasteiger partial charge in [0.05, 0.1) is 24.4 Å². The molecule has 1 heterocycles. The van der Waals surface area contributed by atoms with E-state index in [1.54, 1.807) is 21.0 Å². The number of sulfonamides is 1. The molecule has 0 saturated carbocycles. The van der Waals surface area contributed by atoms with Crippen LogP contribution in [0.15, 0.2) is 73.1 Å². The van der Waals surface area contributed by atoms with Crippen LogP contribution in [0.4, 0.5) is 11.5 Å². The molecule has 0 unspecified atom stereocenters. The fourth-order valence-corrected chi connectivity index (χ4v) is 4.51. The highest BCUT2D eigenvalue weighted by atomic mass is 32.2. The van der Waals surface area contributed by atoms with Crippen LogP contribution in [0, 0.1) is 11.8 Å². The summed E-state index contributed by atoms with van der Waals surface area (Å²) in [5.41, 5.74) is 1.27. The number of para-hydroxylation sites is 1. The molecule has 2 N–H and O–H groups in total. The first kappa shape index (κ1) is 25.0. The van der Waals surface area contributed by atoms with E-state index in [4.69, 9.17) is 9.47 Å². The molecule has 1 aromatic heterocycles. The van der Waals surface area contributed by atoms with Crippen LogP contribution in [0.2, 0.25) is 0 Å². The molecule has 0 bridgehead atoms. The zero-order valence-electron chi connectivity index (χ0n) is 20.4. The van der Waals surface area contributed by atoms with Crippen molar-refractivity contribution in [2.45, 2.75) is 19.4 Å². The van der Waals surface area contributed by atoms with Gasteiger partial charge >= 0.3 is 0 Å². The second-order valence-corrected chi connectivity index (χ2v) is 10.4. The lowest BCUT2D eigenvalue weighted by atomic mass is 10.1. The van der Waals surface area contributed by atoms with Crippen LogP contribution in [0.3, 0.4) is 0 Å². The summed E-state index contributed by atoms with van der Waals surface area (Å²) in [5.74, 6) is 8.47. The molecule has 8 nitrogen and oxygen atoms in total. The Labute approximate surface area is 210 Å². The van der Waals surface area contributed by atoms with Crippen LogP contribution < -0.4 is 19.5 Å². The van der Waals surface area contributed by atoms with Gasteiger partial charge in [-0.3, -0.25) is 0 Å². The first-order valence-electron chi connectivity index (χ1n) is 11.1. The maximum absolute atomic E-state index is 11.6. The molecule has 4 aromatic rings. The predicted octanol–water partition coefficient (Wildman–Crippen LogP) is 4.85. The lowest BCUT2D eigenvalue weighted by Crippen LogP contribution is -2.41. The summed E-state index contributed by atoms with van der Waals surface area (Å²) in [6.45, 7) is 3.41. The highest BCUT2D eigenvalue weighted by Gasteiger charge is 2.19. The van der Waals surface area contributed by atoms with Gasteiger partial charge in [0.2, 0.25) is 10.0 Å². The molecule has 0 aliphatic rings. The van der Waals surface area contributed by atoms with Gasteiger partial charge in [0.1, 0.15) is 17.9 Å². The molecule has 9 heteroatoms. The minimum Gasteiger partial charge on any atom is -0.493 e. The molecular weight excluding hydrogens is 476 g/mol. The lowest BCUT2D eigenvalue weighted by molar-refractivity contribution is 0.379. The average Bonchev–Trinajstić information content (AvgIpc) is 2.83. The van der Waals surface area contributed by atoms with E-state index in [1.165, 1.54) is 6.33 Å². The Bertz CT molecular complexity index is 1560. The van der Waals surface area contributed by atoms with Crippen LogP contribution in [-0.4, -0.2) is 37.3 Å². The molecule has 0 radical (unpaired) electrons. The molecule has 0 aliphatic carbocycles. The topological polar surface area (TPSA) is 102 Å². The lowest BCUT2D eigenvalue weighted by Gasteiger charge is -2.17. The van der Waals surface area contributed by atoms with E-state index in [2.05, 4.69) is 31.8 Å². The van der Waals surface area contributed by atoms with E-state index >= 15 is 0 Å². The van der Waals surface area contributed by atoms with Crippen molar-refractivity contribution in [3.05, 3.63) is 78.6 Å². The Morgan fingerprint density at radius 2 is 1.72 bits per heavy atom. The van der Waals surface area contributed by atoms with Gasteiger partial charge < -0.3 is 14.8 Å². The largest absolute Gasteiger partial charge is 0.493 e. The molecule has 36 heavy (non-hydrogen) atoms. The molecule has 4 rings (SSSR count). The van der Waals surface area contributed by atoms with Crippen molar-refractivity contribution in [3.63, 3.8) is 0 Å². The Hall–Kier alpha value is -4.13. The van der Waals surface area contributed by atoms with Crippen molar-refractivity contribution >= 4 is 32.4 Å². The number of rotatable bonds is 7. The van der Waals surface area contributed by atoms with Gasteiger partial charge in [-0.05, 0) is 56.3 Å². The quantitative estimate of drug-likeness (QED) is 0.348. The first-order valence-corrected chi connectivity index (χ1v) is 13.0. The maximum atomic E-state index is 11.6. The standard InChI is InChI=1S/C27H26N4O4S/c1-27(2,31-36(4,32)33)15-14-19-10-12-23-22(16-19)26(29-18-28-23)30-20-11-13-24(25(17-20)34-3)35-21-8-6-5-7-9-21/h5-13,16-18,31H,1-4H3,(H,28,29,30). The second kappa shape index (κ2) is 10.2. The van der Waals surface area contributed by atoms with Crippen LogP contribution in [0.25, 0.3) is 10.9 Å². The van der Waals surface area contributed by atoms with Gasteiger partial charge in [-0.25, -0.2) is 18.4 Å². The zero-order valence-corrected chi connectivity index (χ0v) is 21.2. The summed E-state index contributed by atoms with van der Waals surface area (Å²) in [6, 6.07) is 20.5. The SMILES string of the molecule is COc1cc(Nc2ncnc3ccc(C#CC(C)(C)NS(C)(=O)=O)cc23)ccc1Oc1ccccc1. The molecule has 0 atom stereocenters. The number of nitrogens with one attached hydrogen (secondary N) is 2. The van der Waals surface area contributed by atoms with Crippen molar-refractivity contribution in [1.82, 2.24) is 14.7 Å². The van der Waals surface area contributed by atoms with E-state index in [0.717, 1.165) is 22.8 Å². The van der Waals surface area contributed by atoms with E-state index in [1.807, 2.05) is 66.7 Å². The van der Waals surface area contributed by atoms with E-state index in [9.17, 15) is 8.42 Å². The average molecular weight is 503 g/mol. The number of fused-ring (bicyclic) bond motifs is 1. The molecular formula is C27H26N4O4S. The number of nitrogens with zero attached hydrogens (tertiary/aromatic N) is 2. The number of anilines is 2. The Morgan fingerprint density at radius 3 is 2.44 bits per heavy atom. The van der Waals surface area contributed by atoms with Crippen LogP contribution in [-0.2, 0) is 10.0 Å². The summed E-state index contributed by atoms with van der Waals surface area (Å²) < 4.78 is 37.2. The molecule has 0 amide bonds. The van der Waals surface area contributed by atoms with E-state index in [0.29, 0.717) is 28.6 Å². The number of hydrogen-bond acceptors (Lipinski definition) is 7. The molecule has 3 aromatic carbocycles. The fraction of sp³-hybridized carbons (Fsp3) is 0.185. The Morgan fingerprint density at radius 1 is 0.944 bits per heavy atom. The van der Waals surface area contributed by atoms with Crippen molar-refractivity contribution in [2.75, 3.05) is 18.7 Å². The minimum atomic E-state index is -3.39. The van der Waals surface area contributed by atoms with Crippen molar-refractivity contribution in [3.8, 4) is 29.1 Å². The smallest absolute Gasteiger partial charge is 0.209 e. The highest BCUT2D eigenvalue weighted by molar-refractivity contribution is 7.88. The third-order valence-electron chi connectivity index (χ3n) is 4.99. The summed E-state index contributed by atoms with van der Waals surface area (Å²) >= 11 is 0. The van der Waals surface area contributed by atoms with Crippen LogP contribution in [0.1, 0.15) is 19.4 Å². The summed E-state index contributed by atoms with van der Waals surface area (Å²) in [4.78, 5) is 8.75. The summed E-state index contributed by atoms with van der Waals surface area (Å²) in [5, 5.41) is 4.08. The predicted molar refractivity (Wildman–Crippen MR) is 141 cm³/mol. The fourth-order valence-electron chi connectivity index (χ4n) is 3.53. The van der Waals surface area contributed by atoms with Gasteiger partial charge in [0, 0.05) is 22.7 Å². The van der Waals surface area contributed by atoms with Gasteiger partial charge in [-0.2, -0.15) is 4.72 Å². The van der Waals surface area contributed by atoms with E-state index in [-0.39, 0.29) is 0 Å². The molecule has 0 saturated heterocycles. The van der Waals surface area contributed by atoms with Crippen LogP contribution >= 0.6 is 0 Å². The third kappa shape index (κ3) is 6.50. The normalized spacial score (nSPS) is 11.4. The Balaban J connectivity index is 1.62. The van der Waals surface area contributed by atoms with Gasteiger partial charge in [0.15, 0.2) is 11.5 Å². The molecule has 0 spiro atoms. The van der Waals surface area contributed by atoms with E-state index < -0.39 is 15.6 Å². The molecule has 0 aliphatic heterocycles. The number of ether oxygens (including phenoxy) is 2. The third-order valence-corrected chi connectivity index (χ3v) is 5.87. The number of hydrogen-bond donors (Lipinski definition) is 2. The molecule has 0 fully saturated rings. The van der Waals surface area contributed by atoms with Crippen molar-refractivity contribution < 1.29 is 17.9 Å². The maximum Gasteiger partial charge on any atom is 0.209 e. The molecule has 184 valence electrons. The van der Waals surface area contributed by atoms with Gasteiger partial charge in [-0.1, -0.05) is 30.0 Å². The number of aromatic nitrogens is 2. The summed E-state index contributed by atoms with van der Waals surface area (Å²) in [7, 11) is -1.81. The first-order chi connectivity index (χ1) is 17.1. The Kier molecular flexibility index (Phi) is 7.10. The number of benzene rings is 3. The van der Waals surface area contributed by atoms with Crippen molar-refractivity contribution in [2.24, 2.45) is 0 Å². The van der Waals surface area contributed by atoms with Crippen LogP contribution in [0.5, 0.6) is 17.2 Å². The minimum absolute atomic E-state index is 0.564.